The summed E-state index contributed by atoms with van der Waals surface area (Å²) in [6.07, 6.45) is 0. The maximum atomic E-state index is 4.48. The Morgan fingerprint density at radius 1 is 1.00 bits per heavy atom. The molecule has 0 spiro atoms. The average Bonchev–Trinajstić information content (AvgIpc) is 2.85. The van der Waals surface area contributed by atoms with E-state index in [1.165, 1.54) is 0 Å². The second kappa shape index (κ2) is 4.82. The van der Waals surface area contributed by atoms with Crippen LogP contribution in [0.2, 0.25) is 0 Å². The highest BCUT2D eigenvalue weighted by atomic mass is 79.9. The maximum absolute atomic E-state index is 4.48. The van der Waals surface area contributed by atoms with Crippen LogP contribution in [0.5, 0.6) is 0 Å². The number of hydrogen-bond acceptors (Lipinski definition) is 4. The van der Waals surface area contributed by atoms with E-state index < -0.39 is 0 Å². The molecular weight excluding hydrogens is 330 g/mol. The highest BCUT2D eigenvalue weighted by molar-refractivity contribution is 9.10. The molecule has 0 unspecified atom stereocenters. The van der Waals surface area contributed by atoms with E-state index in [1.54, 1.807) is 0 Å². The molecular formula is C15H10BrN5. The van der Waals surface area contributed by atoms with Crippen LogP contribution in [0.25, 0.3) is 22.1 Å². The first-order chi connectivity index (χ1) is 10.3. The molecule has 4 aromatic rings. The number of nitrogens with one attached hydrogen (secondary N) is 2. The molecule has 5 nitrogen and oxygen atoms in total. The standard InChI is InChI=1S/C15H10BrN5/c16-9-6-7-12-11(8-9)13-14(18-12)19-15(21-20-13)17-10-4-2-1-3-5-10/h1-8H,(H2,17,18,19,21). The molecule has 0 aliphatic heterocycles. The first-order valence-electron chi connectivity index (χ1n) is 6.43. The molecule has 21 heavy (non-hydrogen) atoms. The van der Waals surface area contributed by atoms with Crippen LogP contribution < -0.4 is 5.32 Å². The number of hydrogen-bond donors (Lipinski definition) is 2. The lowest BCUT2D eigenvalue weighted by atomic mass is 10.2. The number of anilines is 2. The van der Waals surface area contributed by atoms with Gasteiger partial charge in [-0.3, -0.25) is 0 Å². The molecule has 6 heteroatoms. The molecule has 2 N–H and O–H groups in total. The molecule has 2 aromatic heterocycles. The molecule has 0 aliphatic carbocycles. The van der Waals surface area contributed by atoms with Gasteiger partial charge in [-0.2, -0.15) is 4.98 Å². The molecule has 0 saturated carbocycles. The van der Waals surface area contributed by atoms with E-state index in [9.17, 15) is 0 Å². The van der Waals surface area contributed by atoms with Gasteiger partial charge in [-0.05, 0) is 30.3 Å². The minimum atomic E-state index is 0.472. The Morgan fingerprint density at radius 2 is 1.86 bits per heavy atom. The average molecular weight is 340 g/mol. The third kappa shape index (κ3) is 2.23. The lowest BCUT2D eigenvalue weighted by Crippen LogP contribution is -1.98. The summed E-state index contributed by atoms with van der Waals surface area (Å²) in [5.74, 6) is 0.472. The summed E-state index contributed by atoms with van der Waals surface area (Å²) in [6, 6.07) is 15.8. The minimum Gasteiger partial charge on any atom is -0.338 e. The van der Waals surface area contributed by atoms with Crippen LogP contribution in [0.3, 0.4) is 0 Å². The zero-order chi connectivity index (χ0) is 14.2. The zero-order valence-electron chi connectivity index (χ0n) is 10.8. The van der Waals surface area contributed by atoms with Gasteiger partial charge < -0.3 is 10.3 Å². The van der Waals surface area contributed by atoms with E-state index >= 15 is 0 Å². The van der Waals surface area contributed by atoms with Gasteiger partial charge in [0.05, 0.1) is 0 Å². The SMILES string of the molecule is Brc1ccc2[nH]c3nc(Nc4ccccc4)nnc3c2c1. The molecule has 4 rings (SSSR count). The van der Waals surface area contributed by atoms with Crippen molar-refractivity contribution in [1.82, 2.24) is 20.2 Å². The summed E-state index contributed by atoms with van der Waals surface area (Å²) < 4.78 is 1.00. The number of benzene rings is 2. The molecule has 2 aromatic carbocycles. The van der Waals surface area contributed by atoms with E-state index in [-0.39, 0.29) is 0 Å². The molecule has 0 amide bonds. The fourth-order valence-corrected chi connectivity index (χ4v) is 2.61. The molecule has 0 fully saturated rings. The van der Waals surface area contributed by atoms with Crippen LogP contribution in [0, 0.1) is 0 Å². The van der Waals surface area contributed by atoms with Gasteiger partial charge in [0.2, 0.25) is 5.95 Å². The maximum Gasteiger partial charge on any atom is 0.249 e. The number of H-pyrrole nitrogens is 1. The Bertz CT molecular complexity index is 933. The first kappa shape index (κ1) is 12.3. The second-order valence-corrected chi connectivity index (χ2v) is 5.55. The second-order valence-electron chi connectivity index (χ2n) is 4.64. The normalized spacial score (nSPS) is 11.1. The summed E-state index contributed by atoms with van der Waals surface area (Å²) >= 11 is 3.47. The molecule has 0 saturated heterocycles. The van der Waals surface area contributed by atoms with Crippen molar-refractivity contribution in [3.05, 3.63) is 53.0 Å². The first-order valence-corrected chi connectivity index (χ1v) is 7.23. The van der Waals surface area contributed by atoms with Gasteiger partial charge in [0.1, 0.15) is 5.52 Å². The Morgan fingerprint density at radius 3 is 2.71 bits per heavy atom. The Hall–Kier alpha value is -2.47. The predicted molar refractivity (Wildman–Crippen MR) is 86.6 cm³/mol. The lowest BCUT2D eigenvalue weighted by molar-refractivity contribution is 1.03. The Kier molecular flexibility index (Phi) is 2.82. The van der Waals surface area contributed by atoms with Crippen LogP contribution in [0.15, 0.2) is 53.0 Å². The Labute approximate surface area is 128 Å². The quantitative estimate of drug-likeness (QED) is 0.579. The van der Waals surface area contributed by atoms with Crippen LogP contribution >= 0.6 is 15.9 Å². The molecule has 0 bridgehead atoms. The predicted octanol–water partition coefficient (Wildman–Crippen LogP) is 4.01. The van der Waals surface area contributed by atoms with Crippen molar-refractivity contribution in [3.63, 3.8) is 0 Å². The van der Waals surface area contributed by atoms with Crippen molar-refractivity contribution >= 4 is 49.6 Å². The lowest BCUT2D eigenvalue weighted by Gasteiger charge is -2.02. The van der Waals surface area contributed by atoms with Crippen LogP contribution in [-0.2, 0) is 0 Å². The van der Waals surface area contributed by atoms with E-state index in [0.717, 1.165) is 32.2 Å². The van der Waals surface area contributed by atoms with Crippen LogP contribution in [-0.4, -0.2) is 20.2 Å². The van der Waals surface area contributed by atoms with Gasteiger partial charge in [0, 0.05) is 21.1 Å². The van der Waals surface area contributed by atoms with E-state index in [1.807, 2.05) is 48.5 Å². The Balaban J connectivity index is 1.81. The van der Waals surface area contributed by atoms with E-state index in [4.69, 9.17) is 0 Å². The summed E-state index contributed by atoms with van der Waals surface area (Å²) in [7, 11) is 0. The van der Waals surface area contributed by atoms with Gasteiger partial charge >= 0.3 is 0 Å². The third-order valence-corrected chi connectivity index (χ3v) is 3.70. The topological polar surface area (TPSA) is 66.5 Å². The monoisotopic (exact) mass is 339 g/mol. The summed E-state index contributed by atoms with van der Waals surface area (Å²) in [5, 5.41) is 12.6. The van der Waals surface area contributed by atoms with Gasteiger partial charge in [0.25, 0.3) is 0 Å². The van der Waals surface area contributed by atoms with Crippen molar-refractivity contribution in [2.45, 2.75) is 0 Å². The smallest absolute Gasteiger partial charge is 0.249 e. The van der Waals surface area contributed by atoms with Crippen molar-refractivity contribution in [3.8, 4) is 0 Å². The summed E-state index contributed by atoms with van der Waals surface area (Å²) in [4.78, 5) is 7.74. The van der Waals surface area contributed by atoms with Crippen LogP contribution in [0.4, 0.5) is 11.6 Å². The third-order valence-electron chi connectivity index (χ3n) is 3.21. The number of para-hydroxylation sites is 1. The fraction of sp³-hybridized carbons (Fsp3) is 0. The van der Waals surface area contributed by atoms with Gasteiger partial charge in [-0.15, -0.1) is 10.2 Å². The fourth-order valence-electron chi connectivity index (χ4n) is 2.25. The minimum absolute atomic E-state index is 0.472. The number of halogens is 1. The van der Waals surface area contributed by atoms with Crippen molar-refractivity contribution in [1.29, 1.82) is 0 Å². The van der Waals surface area contributed by atoms with Crippen molar-refractivity contribution in [2.75, 3.05) is 5.32 Å². The largest absolute Gasteiger partial charge is 0.338 e. The molecule has 0 aliphatic rings. The number of aromatic amines is 1. The van der Waals surface area contributed by atoms with Gasteiger partial charge in [-0.25, -0.2) is 0 Å². The highest BCUT2D eigenvalue weighted by Gasteiger charge is 2.09. The molecule has 2 heterocycles. The number of fused-ring (bicyclic) bond motifs is 3. The zero-order valence-corrected chi connectivity index (χ0v) is 12.4. The number of rotatable bonds is 2. The number of nitrogens with zero attached hydrogens (tertiary/aromatic N) is 3. The van der Waals surface area contributed by atoms with E-state index in [0.29, 0.717) is 5.95 Å². The van der Waals surface area contributed by atoms with E-state index in [2.05, 4.69) is 41.4 Å². The molecule has 102 valence electrons. The van der Waals surface area contributed by atoms with Crippen molar-refractivity contribution < 1.29 is 0 Å². The van der Waals surface area contributed by atoms with Gasteiger partial charge in [-0.1, -0.05) is 34.1 Å². The highest BCUT2D eigenvalue weighted by Crippen LogP contribution is 2.26. The summed E-state index contributed by atoms with van der Waals surface area (Å²) in [6.45, 7) is 0. The molecule has 0 atom stereocenters. The van der Waals surface area contributed by atoms with Crippen LogP contribution in [0.1, 0.15) is 0 Å². The number of aromatic nitrogens is 4. The van der Waals surface area contributed by atoms with Gasteiger partial charge in [0.15, 0.2) is 5.65 Å². The summed E-state index contributed by atoms with van der Waals surface area (Å²) in [5.41, 5.74) is 3.41. The van der Waals surface area contributed by atoms with Crippen molar-refractivity contribution in [2.24, 2.45) is 0 Å². The molecule has 0 radical (unpaired) electrons.